The predicted molar refractivity (Wildman–Crippen MR) is 116 cm³/mol. The molecule has 2 aromatic heterocycles. The summed E-state index contributed by atoms with van der Waals surface area (Å²) in [6.07, 6.45) is 4.80. The maximum atomic E-state index is 13.2. The van der Waals surface area contributed by atoms with E-state index in [1.54, 1.807) is 29.2 Å². The number of carbonyl (C=O) groups excluding carboxylic acids is 1. The summed E-state index contributed by atoms with van der Waals surface area (Å²) in [5, 5.41) is 3.84. The Balaban J connectivity index is 2.16. The predicted octanol–water partition coefficient (Wildman–Crippen LogP) is 4.21. The van der Waals surface area contributed by atoms with E-state index in [1.165, 1.54) is 14.2 Å². The second-order valence-electron chi connectivity index (χ2n) is 7.19. The zero-order chi connectivity index (χ0) is 21.8. The van der Waals surface area contributed by atoms with Gasteiger partial charge in [-0.15, -0.1) is 0 Å². The van der Waals surface area contributed by atoms with Crippen LogP contribution >= 0.6 is 0 Å². The van der Waals surface area contributed by atoms with Gasteiger partial charge >= 0.3 is 0 Å². The Morgan fingerprint density at radius 3 is 2.30 bits per heavy atom. The Bertz CT molecular complexity index is 1110. The Morgan fingerprint density at radius 2 is 1.77 bits per heavy atom. The van der Waals surface area contributed by atoms with Gasteiger partial charge in [-0.1, -0.05) is 13.8 Å². The summed E-state index contributed by atoms with van der Waals surface area (Å²) in [4.78, 5) is 26.4. The lowest BCUT2D eigenvalue weighted by Gasteiger charge is -2.20. The number of aromatic nitrogens is 1. The zero-order valence-electron chi connectivity index (χ0n) is 18.1. The molecule has 0 aliphatic carbocycles. The van der Waals surface area contributed by atoms with Crippen LogP contribution in [0.25, 0.3) is 10.8 Å². The number of aryl methyl sites for hydroxylation is 1. The van der Waals surface area contributed by atoms with Crippen molar-refractivity contribution in [3.8, 4) is 11.5 Å². The van der Waals surface area contributed by atoms with Crippen molar-refractivity contribution in [1.82, 2.24) is 9.88 Å². The van der Waals surface area contributed by atoms with Gasteiger partial charge in [-0.2, -0.15) is 0 Å². The SMILES string of the molecule is CCC(CC)n1cc(C(=O)NCc2occc2C)c2cc(OC)c(OC)cc2c1=O. The molecule has 0 aliphatic heterocycles. The molecule has 1 aromatic carbocycles. The maximum absolute atomic E-state index is 13.2. The van der Waals surface area contributed by atoms with E-state index in [4.69, 9.17) is 13.9 Å². The summed E-state index contributed by atoms with van der Waals surface area (Å²) >= 11 is 0. The first-order chi connectivity index (χ1) is 14.4. The number of hydrogen-bond acceptors (Lipinski definition) is 5. The number of ether oxygens (including phenoxy) is 2. The van der Waals surface area contributed by atoms with E-state index in [0.717, 1.165) is 18.4 Å². The minimum Gasteiger partial charge on any atom is -0.493 e. The fourth-order valence-electron chi connectivity index (χ4n) is 3.66. The first kappa shape index (κ1) is 21.5. The third kappa shape index (κ3) is 3.92. The van der Waals surface area contributed by atoms with E-state index in [9.17, 15) is 9.59 Å². The van der Waals surface area contributed by atoms with Gasteiger partial charge in [0.2, 0.25) is 0 Å². The second-order valence-corrected chi connectivity index (χ2v) is 7.19. The van der Waals surface area contributed by atoms with Crippen LogP contribution in [0.15, 0.2) is 39.9 Å². The topological polar surface area (TPSA) is 82.7 Å². The molecule has 7 nitrogen and oxygen atoms in total. The van der Waals surface area contributed by atoms with Gasteiger partial charge in [0.25, 0.3) is 11.5 Å². The van der Waals surface area contributed by atoms with Gasteiger partial charge in [0.1, 0.15) is 5.76 Å². The van der Waals surface area contributed by atoms with E-state index in [1.807, 2.05) is 26.8 Å². The smallest absolute Gasteiger partial charge is 0.258 e. The molecule has 3 aromatic rings. The quantitative estimate of drug-likeness (QED) is 0.599. The van der Waals surface area contributed by atoms with Crippen LogP contribution in [0.1, 0.15) is 54.4 Å². The standard InChI is InChI=1S/C23H28N2O5/c1-6-15(7-2)25-13-18(22(26)24-12-21-14(3)8-9-30-21)16-10-19(28-4)20(29-5)11-17(16)23(25)27/h8-11,13,15H,6-7,12H2,1-5H3,(H,24,26). The maximum Gasteiger partial charge on any atom is 0.258 e. The molecule has 0 fully saturated rings. The fraction of sp³-hybridized carbons (Fsp3) is 0.391. The van der Waals surface area contributed by atoms with Crippen LogP contribution in [0, 0.1) is 6.92 Å². The number of nitrogens with one attached hydrogen (secondary N) is 1. The van der Waals surface area contributed by atoms with Gasteiger partial charge in [-0.05, 0) is 43.5 Å². The number of hydrogen-bond donors (Lipinski definition) is 1. The molecule has 1 amide bonds. The molecule has 30 heavy (non-hydrogen) atoms. The highest BCUT2D eigenvalue weighted by molar-refractivity contribution is 6.07. The molecular formula is C23H28N2O5. The average Bonchev–Trinajstić information content (AvgIpc) is 3.18. The van der Waals surface area contributed by atoms with Crippen molar-refractivity contribution in [2.24, 2.45) is 0 Å². The highest BCUT2D eigenvalue weighted by Crippen LogP contribution is 2.33. The molecule has 0 saturated heterocycles. The highest BCUT2D eigenvalue weighted by atomic mass is 16.5. The van der Waals surface area contributed by atoms with Gasteiger partial charge in [-0.25, -0.2) is 0 Å². The molecule has 0 spiro atoms. The third-order valence-corrected chi connectivity index (χ3v) is 5.51. The van der Waals surface area contributed by atoms with Crippen LogP contribution in [-0.4, -0.2) is 24.7 Å². The van der Waals surface area contributed by atoms with Gasteiger partial charge < -0.3 is 23.8 Å². The molecular weight excluding hydrogens is 384 g/mol. The van der Waals surface area contributed by atoms with E-state index in [-0.39, 0.29) is 24.1 Å². The molecule has 160 valence electrons. The van der Waals surface area contributed by atoms with E-state index in [2.05, 4.69) is 5.32 Å². The van der Waals surface area contributed by atoms with Gasteiger partial charge in [0.05, 0.1) is 38.0 Å². The lowest BCUT2D eigenvalue weighted by atomic mass is 10.0. The van der Waals surface area contributed by atoms with Crippen molar-refractivity contribution in [3.05, 3.63) is 57.9 Å². The molecule has 0 bridgehead atoms. The molecule has 3 rings (SSSR count). The van der Waals surface area contributed by atoms with E-state index >= 15 is 0 Å². The number of benzene rings is 1. The first-order valence-corrected chi connectivity index (χ1v) is 10.1. The van der Waals surface area contributed by atoms with Crippen LogP contribution in [0.2, 0.25) is 0 Å². The molecule has 1 N–H and O–H groups in total. The van der Waals surface area contributed by atoms with E-state index in [0.29, 0.717) is 33.6 Å². The highest BCUT2D eigenvalue weighted by Gasteiger charge is 2.21. The molecule has 0 unspecified atom stereocenters. The summed E-state index contributed by atoms with van der Waals surface area (Å²) in [5.41, 5.74) is 1.22. The van der Waals surface area contributed by atoms with Crippen LogP contribution in [0.5, 0.6) is 11.5 Å². The summed E-state index contributed by atoms with van der Waals surface area (Å²) in [5.74, 6) is 1.31. The summed E-state index contributed by atoms with van der Waals surface area (Å²) < 4.78 is 17.8. The number of rotatable bonds is 8. The van der Waals surface area contributed by atoms with Crippen molar-refractivity contribution in [1.29, 1.82) is 0 Å². The molecule has 0 atom stereocenters. The minimum absolute atomic E-state index is 0.00568. The van der Waals surface area contributed by atoms with Gasteiger partial charge in [0.15, 0.2) is 11.5 Å². The Hall–Kier alpha value is -3.22. The van der Waals surface area contributed by atoms with Crippen LogP contribution in [-0.2, 0) is 6.54 Å². The summed E-state index contributed by atoms with van der Waals surface area (Å²) in [7, 11) is 3.04. The van der Waals surface area contributed by atoms with Crippen LogP contribution in [0.4, 0.5) is 0 Å². The monoisotopic (exact) mass is 412 g/mol. The summed E-state index contributed by atoms with van der Waals surface area (Å²) in [6, 6.07) is 5.16. The van der Waals surface area contributed by atoms with Crippen LogP contribution in [0.3, 0.4) is 0 Å². The van der Waals surface area contributed by atoms with Crippen LogP contribution < -0.4 is 20.3 Å². The molecule has 0 radical (unpaired) electrons. The Kier molecular flexibility index (Phi) is 6.50. The minimum atomic E-state index is -0.289. The summed E-state index contributed by atoms with van der Waals surface area (Å²) in [6.45, 7) is 6.24. The zero-order valence-corrected chi connectivity index (χ0v) is 18.1. The Morgan fingerprint density at radius 1 is 1.13 bits per heavy atom. The molecule has 2 heterocycles. The number of methoxy groups -OCH3 is 2. The first-order valence-electron chi connectivity index (χ1n) is 10.1. The Labute approximate surface area is 175 Å². The van der Waals surface area contributed by atoms with Crippen molar-refractivity contribution in [3.63, 3.8) is 0 Å². The third-order valence-electron chi connectivity index (χ3n) is 5.51. The number of pyridine rings is 1. The molecule has 7 heteroatoms. The number of carbonyl (C=O) groups is 1. The second kappa shape index (κ2) is 9.07. The van der Waals surface area contributed by atoms with Crippen molar-refractivity contribution in [2.75, 3.05) is 14.2 Å². The normalized spacial score (nSPS) is 11.1. The lowest BCUT2D eigenvalue weighted by Crippen LogP contribution is -2.29. The average molecular weight is 412 g/mol. The number of nitrogens with zero attached hydrogens (tertiary/aromatic N) is 1. The van der Waals surface area contributed by atoms with Crippen molar-refractivity contribution >= 4 is 16.7 Å². The largest absolute Gasteiger partial charge is 0.493 e. The molecule has 0 saturated carbocycles. The van der Waals surface area contributed by atoms with Crippen molar-refractivity contribution in [2.45, 2.75) is 46.2 Å². The van der Waals surface area contributed by atoms with Gasteiger partial charge in [0, 0.05) is 17.6 Å². The number of fused-ring (bicyclic) bond motifs is 1. The van der Waals surface area contributed by atoms with E-state index < -0.39 is 0 Å². The molecule has 0 aliphatic rings. The number of amides is 1. The fourth-order valence-corrected chi connectivity index (χ4v) is 3.66. The van der Waals surface area contributed by atoms with Crippen molar-refractivity contribution < 1.29 is 18.7 Å². The van der Waals surface area contributed by atoms with Gasteiger partial charge in [-0.3, -0.25) is 9.59 Å². The number of furan rings is 1. The lowest BCUT2D eigenvalue weighted by molar-refractivity contribution is 0.0948.